The Kier molecular flexibility index (Phi) is 6.01. The normalized spacial score (nSPS) is 11.8. The Morgan fingerprint density at radius 3 is 1.94 bits per heavy atom. The van der Waals surface area contributed by atoms with Gasteiger partial charge in [0, 0.05) is 53.2 Å². The summed E-state index contributed by atoms with van der Waals surface area (Å²) < 4.78 is 9.12. The first kappa shape index (κ1) is 27.0. The summed E-state index contributed by atoms with van der Waals surface area (Å²) in [5, 5.41) is 6.81. The molecule has 0 unspecified atom stereocenters. The summed E-state index contributed by atoms with van der Waals surface area (Å²) in [6.07, 6.45) is 0. The van der Waals surface area contributed by atoms with Crippen molar-refractivity contribution in [2.45, 2.75) is 0 Å². The first-order chi connectivity index (χ1) is 23.8. The van der Waals surface area contributed by atoms with Crippen molar-refractivity contribution in [2.75, 3.05) is 0 Å². The van der Waals surface area contributed by atoms with Gasteiger partial charge in [-0.1, -0.05) is 127 Å². The van der Waals surface area contributed by atoms with Crippen LogP contribution in [0.2, 0.25) is 0 Å². The molecule has 10 rings (SSSR count). The average Bonchev–Trinajstić information content (AvgIpc) is 3.73. The Bertz CT molecular complexity index is 2850. The van der Waals surface area contributed by atoms with Gasteiger partial charge in [-0.15, -0.1) is 11.3 Å². The topological polar surface area (TPSA) is 51.8 Å². The number of aromatic nitrogens is 3. The SMILES string of the molecule is c1ccc(-c2nc(-c3cccc4oc5c(-c6ccc7ccccc7c6)cccc5c34)nc(-c3cccc4sc5ccccc5c34)n2)cc1. The van der Waals surface area contributed by atoms with Crippen molar-refractivity contribution >= 4 is 64.2 Å². The van der Waals surface area contributed by atoms with Gasteiger partial charge in [-0.2, -0.15) is 0 Å². The van der Waals surface area contributed by atoms with Crippen LogP contribution >= 0.6 is 11.3 Å². The van der Waals surface area contributed by atoms with Gasteiger partial charge in [0.1, 0.15) is 11.2 Å². The summed E-state index contributed by atoms with van der Waals surface area (Å²) in [5.41, 5.74) is 6.65. The van der Waals surface area contributed by atoms with Gasteiger partial charge in [0.25, 0.3) is 0 Å². The van der Waals surface area contributed by atoms with Crippen molar-refractivity contribution in [2.24, 2.45) is 0 Å². The molecule has 3 aromatic heterocycles. The second-order valence-corrected chi connectivity index (χ2v) is 13.1. The first-order valence-electron chi connectivity index (χ1n) is 15.9. The molecule has 0 saturated heterocycles. The molecule has 0 aliphatic rings. The number of furan rings is 1. The molecule has 48 heavy (non-hydrogen) atoms. The van der Waals surface area contributed by atoms with Crippen molar-refractivity contribution in [3.8, 4) is 45.3 Å². The summed E-state index contributed by atoms with van der Waals surface area (Å²) >= 11 is 1.79. The van der Waals surface area contributed by atoms with Gasteiger partial charge in [0.15, 0.2) is 17.5 Å². The third-order valence-corrected chi connectivity index (χ3v) is 10.3. The van der Waals surface area contributed by atoms with E-state index in [1.54, 1.807) is 11.3 Å². The minimum atomic E-state index is 0.611. The maximum Gasteiger partial charge on any atom is 0.164 e. The zero-order chi connectivity index (χ0) is 31.6. The summed E-state index contributed by atoms with van der Waals surface area (Å²) in [5.74, 6) is 1.89. The van der Waals surface area contributed by atoms with Crippen molar-refractivity contribution < 1.29 is 4.42 Å². The van der Waals surface area contributed by atoms with Crippen LogP contribution in [-0.4, -0.2) is 15.0 Å². The molecule has 0 radical (unpaired) electrons. The zero-order valence-electron chi connectivity index (χ0n) is 25.6. The lowest BCUT2D eigenvalue weighted by molar-refractivity contribution is 0.670. The molecule has 0 spiro atoms. The van der Waals surface area contributed by atoms with E-state index in [2.05, 4.69) is 109 Å². The van der Waals surface area contributed by atoms with Crippen molar-refractivity contribution in [1.82, 2.24) is 15.0 Å². The lowest BCUT2D eigenvalue weighted by Gasteiger charge is -2.10. The maximum atomic E-state index is 6.67. The molecule has 7 aromatic carbocycles. The fraction of sp³-hybridized carbons (Fsp3) is 0. The predicted molar refractivity (Wildman–Crippen MR) is 199 cm³/mol. The van der Waals surface area contributed by atoms with Crippen molar-refractivity contribution in [3.05, 3.63) is 152 Å². The van der Waals surface area contributed by atoms with Gasteiger partial charge in [-0.05, 0) is 40.6 Å². The maximum absolute atomic E-state index is 6.67. The van der Waals surface area contributed by atoms with Gasteiger partial charge in [-0.3, -0.25) is 0 Å². The second-order valence-electron chi connectivity index (χ2n) is 12.0. The molecule has 0 atom stereocenters. The monoisotopic (exact) mass is 631 g/mol. The van der Waals surface area contributed by atoms with Crippen LogP contribution in [0.15, 0.2) is 156 Å². The number of rotatable bonds is 4. The second kappa shape index (κ2) is 10.7. The molecule has 224 valence electrons. The number of thiophene rings is 1. The predicted octanol–water partition coefficient (Wildman–Crippen LogP) is 12.0. The van der Waals surface area contributed by atoms with Crippen LogP contribution in [0.1, 0.15) is 0 Å². The molecule has 0 fully saturated rings. The molecular weight excluding hydrogens is 607 g/mol. The highest BCUT2D eigenvalue weighted by molar-refractivity contribution is 7.25. The summed E-state index contributed by atoms with van der Waals surface area (Å²) in [6, 6.07) is 52.6. The molecule has 0 saturated carbocycles. The molecule has 10 aromatic rings. The van der Waals surface area contributed by atoms with E-state index in [9.17, 15) is 0 Å². The van der Waals surface area contributed by atoms with Crippen LogP contribution < -0.4 is 0 Å². The average molecular weight is 632 g/mol. The van der Waals surface area contributed by atoms with Crippen molar-refractivity contribution in [3.63, 3.8) is 0 Å². The Hall–Kier alpha value is -6.17. The Morgan fingerprint density at radius 1 is 0.417 bits per heavy atom. The standard InChI is InChI=1S/C43H25N3OS/c1-2-12-27(13-3-1)41-44-42(46-43(45-41)34-19-10-22-37-39(34)31-15-6-7-21-36(31)48-37)33-18-9-20-35-38(33)32-17-8-16-30(40(32)47-35)29-24-23-26-11-4-5-14-28(26)25-29/h1-25H. The fourth-order valence-corrected chi connectivity index (χ4v) is 8.04. The smallest absolute Gasteiger partial charge is 0.164 e. The van der Waals surface area contributed by atoms with E-state index in [1.165, 1.54) is 30.9 Å². The van der Waals surface area contributed by atoms with Crippen LogP contribution in [0, 0.1) is 0 Å². The van der Waals surface area contributed by atoms with E-state index in [0.717, 1.165) is 49.8 Å². The van der Waals surface area contributed by atoms with E-state index in [-0.39, 0.29) is 0 Å². The highest BCUT2D eigenvalue weighted by Gasteiger charge is 2.21. The number of nitrogens with zero attached hydrogens (tertiary/aromatic N) is 3. The quantitative estimate of drug-likeness (QED) is 0.194. The minimum absolute atomic E-state index is 0.611. The molecular formula is C43H25N3OS. The lowest BCUT2D eigenvalue weighted by atomic mass is 9.98. The highest BCUT2D eigenvalue weighted by Crippen LogP contribution is 2.42. The van der Waals surface area contributed by atoms with E-state index < -0.39 is 0 Å². The van der Waals surface area contributed by atoms with E-state index in [1.807, 2.05) is 42.5 Å². The molecule has 0 amide bonds. The Morgan fingerprint density at radius 2 is 1.06 bits per heavy atom. The molecule has 0 N–H and O–H groups in total. The third kappa shape index (κ3) is 4.25. The summed E-state index contributed by atoms with van der Waals surface area (Å²) in [7, 11) is 0. The number of para-hydroxylation sites is 1. The summed E-state index contributed by atoms with van der Waals surface area (Å²) in [6.45, 7) is 0. The number of benzene rings is 7. The molecule has 5 heteroatoms. The number of hydrogen-bond acceptors (Lipinski definition) is 5. The van der Waals surface area contributed by atoms with Crippen LogP contribution in [0.3, 0.4) is 0 Å². The van der Waals surface area contributed by atoms with Crippen LogP contribution in [-0.2, 0) is 0 Å². The van der Waals surface area contributed by atoms with Crippen LogP contribution in [0.5, 0.6) is 0 Å². The van der Waals surface area contributed by atoms with Gasteiger partial charge in [0.2, 0.25) is 0 Å². The van der Waals surface area contributed by atoms with Gasteiger partial charge >= 0.3 is 0 Å². The van der Waals surface area contributed by atoms with Gasteiger partial charge < -0.3 is 4.42 Å². The molecule has 0 bridgehead atoms. The summed E-state index contributed by atoms with van der Waals surface area (Å²) in [4.78, 5) is 15.5. The van der Waals surface area contributed by atoms with Crippen molar-refractivity contribution in [1.29, 1.82) is 0 Å². The Balaban J connectivity index is 1.23. The number of hydrogen-bond donors (Lipinski definition) is 0. The lowest BCUT2D eigenvalue weighted by Crippen LogP contribution is -2.00. The molecule has 0 aliphatic carbocycles. The largest absolute Gasteiger partial charge is 0.455 e. The first-order valence-corrected chi connectivity index (χ1v) is 16.8. The molecule has 3 heterocycles. The zero-order valence-corrected chi connectivity index (χ0v) is 26.4. The van der Waals surface area contributed by atoms with E-state index >= 15 is 0 Å². The van der Waals surface area contributed by atoms with E-state index in [4.69, 9.17) is 19.4 Å². The fourth-order valence-electron chi connectivity index (χ4n) is 6.91. The van der Waals surface area contributed by atoms with Crippen LogP contribution in [0.4, 0.5) is 0 Å². The van der Waals surface area contributed by atoms with Crippen LogP contribution in [0.25, 0.3) is 98.2 Å². The highest BCUT2D eigenvalue weighted by atomic mass is 32.1. The Labute approximate surface area is 279 Å². The molecule has 0 aliphatic heterocycles. The van der Waals surface area contributed by atoms with Gasteiger partial charge in [-0.25, -0.2) is 15.0 Å². The van der Waals surface area contributed by atoms with E-state index in [0.29, 0.717) is 17.5 Å². The van der Waals surface area contributed by atoms with Gasteiger partial charge in [0.05, 0.1) is 0 Å². The number of fused-ring (bicyclic) bond motifs is 7. The molecule has 4 nitrogen and oxygen atoms in total. The third-order valence-electron chi connectivity index (χ3n) is 9.13. The minimum Gasteiger partial charge on any atom is -0.455 e.